The first-order valence-corrected chi connectivity index (χ1v) is 10.4. The molecule has 0 atom stereocenters. The van der Waals surface area contributed by atoms with Crippen LogP contribution in [0.5, 0.6) is 0 Å². The van der Waals surface area contributed by atoms with Crippen LogP contribution < -0.4 is 5.63 Å². The molecule has 0 aliphatic rings. The summed E-state index contributed by atoms with van der Waals surface area (Å²) in [5.41, 5.74) is 0.755. The van der Waals surface area contributed by atoms with Crippen LogP contribution in [-0.2, 0) is 0 Å². The molecular weight excluding hydrogens is 460 g/mol. The number of allylic oxidation sites excluding steroid dienone is 3. The summed E-state index contributed by atoms with van der Waals surface area (Å²) in [6.07, 6.45) is 4.83. The number of benzene rings is 2. The molecule has 4 rings (SSSR count). The predicted octanol–water partition coefficient (Wildman–Crippen LogP) is 5.35. The van der Waals surface area contributed by atoms with Crippen LogP contribution in [0.3, 0.4) is 0 Å². The summed E-state index contributed by atoms with van der Waals surface area (Å²) in [7, 11) is 0. The number of aromatic nitrogens is 1. The van der Waals surface area contributed by atoms with Gasteiger partial charge in [-0.05, 0) is 35.9 Å². The minimum atomic E-state index is -0.654. The average Bonchev–Trinajstić information content (AvgIpc) is 3.31. The molecule has 34 heavy (non-hydrogen) atoms. The van der Waals surface area contributed by atoms with Crippen molar-refractivity contribution in [1.29, 1.82) is 5.26 Å². The van der Waals surface area contributed by atoms with Crippen LogP contribution in [0, 0.1) is 31.6 Å². The molecule has 0 aliphatic carbocycles. The summed E-state index contributed by atoms with van der Waals surface area (Å²) in [6.45, 7) is 0. The largest absolute Gasteiger partial charge is 0.422 e. The van der Waals surface area contributed by atoms with Crippen molar-refractivity contribution in [3.8, 4) is 17.3 Å². The van der Waals surface area contributed by atoms with Crippen LogP contribution in [0.15, 0.2) is 75.3 Å². The van der Waals surface area contributed by atoms with E-state index in [9.17, 15) is 30.3 Å². The van der Waals surface area contributed by atoms with E-state index in [4.69, 9.17) is 4.42 Å². The third-order valence-corrected chi connectivity index (χ3v) is 5.59. The van der Waals surface area contributed by atoms with Gasteiger partial charge in [-0.15, -0.1) is 11.3 Å². The van der Waals surface area contributed by atoms with Crippen molar-refractivity contribution in [1.82, 2.24) is 4.98 Å². The second kappa shape index (κ2) is 9.27. The minimum Gasteiger partial charge on any atom is -0.422 e. The summed E-state index contributed by atoms with van der Waals surface area (Å²) in [5.74, 6) is 0. The van der Waals surface area contributed by atoms with Gasteiger partial charge in [0.1, 0.15) is 16.7 Å². The van der Waals surface area contributed by atoms with Crippen molar-refractivity contribution in [2.75, 3.05) is 0 Å². The van der Waals surface area contributed by atoms with Gasteiger partial charge in [-0.3, -0.25) is 20.2 Å². The van der Waals surface area contributed by atoms with Gasteiger partial charge in [0.2, 0.25) is 0 Å². The lowest BCUT2D eigenvalue weighted by Gasteiger charge is -2.00. The highest BCUT2D eigenvalue weighted by molar-refractivity contribution is 7.11. The first-order chi connectivity index (χ1) is 16.4. The van der Waals surface area contributed by atoms with Crippen LogP contribution in [0.25, 0.3) is 33.9 Å². The predicted molar refractivity (Wildman–Crippen MR) is 126 cm³/mol. The third kappa shape index (κ3) is 4.62. The van der Waals surface area contributed by atoms with Crippen LogP contribution in [0.2, 0.25) is 0 Å². The summed E-state index contributed by atoms with van der Waals surface area (Å²) in [5, 5.41) is 33.6. The van der Waals surface area contributed by atoms with Crippen LogP contribution in [-0.4, -0.2) is 14.8 Å². The second-order valence-electron chi connectivity index (χ2n) is 6.86. The molecule has 0 unspecified atom stereocenters. The standard InChI is InChI=1S/C23H12N4O6S/c24-12-15(3-1-2-14-4-6-17(7-5-14)26(29)30)22-25-20(13-34-22)19-11-16-10-18(27(31)32)8-9-21(16)33-23(19)28/h1-11,13H/b2-1+,15-3+. The number of nitro groups is 2. The molecule has 2 heterocycles. The van der Waals surface area contributed by atoms with E-state index in [1.54, 1.807) is 29.7 Å². The quantitative estimate of drug-likeness (QED) is 0.120. The maximum Gasteiger partial charge on any atom is 0.345 e. The molecule has 0 N–H and O–H groups in total. The lowest BCUT2D eigenvalue weighted by molar-refractivity contribution is -0.385. The van der Waals surface area contributed by atoms with Gasteiger partial charge in [0.05, 0.1) is 26.7 Å². The lowest BCUT2D eigenvalue weighted by atomic mass is 10.1. The van der Waals surface area contributed by atoms with Gasteiger partial charge < -0.3 is 4.42 Å². The van der Waals surface area contributed by atoms with Crippen molar-refractivity contribution < 1.29 is 14.3 Å². The molecule has 10 nitrogen and oxygen atoms in total. The molecule has 0 bridgehead atoms. The summed E-state index contributed by atoms with van der Waals surface area (Å²) in [6, 6.07) is 13.4. The Morgan fingerprint density at radius 1 is 1.06 bits per heavy atom. The lowest BCUT2D eigenvalue weighted by Crippen LogP contribution is -2.03. The van der Waals surface area contributed by atoms with E-state index in [1.165, 1.54) is 42.5 Å². The molecule has 0 amide bonds. The molecular formula is C23H12N4O6S. The first-order valence-electron chi connectivity index (χ1n) is 9.57. The van der Waals surface area contributed by atoms with Crippen LogP contribution in [0.1, 0.15) is 10.6 Å². The summed E-state index contributed by atoms with van der Waals surface area (Å²) < 4.78 is 5.27. The highest BCUT2D eigenvalue weighted by Gasteiger charge is 2.15. The number of nitro benzene ring substituents is 2. The SMILES string of the molecule is N#C/C(=C\C=C\c1ccc([N+](=O)[O-])cc1)c1nc(-c2cc3cc([N+](=O)[O-])ccc3oc2=O)cs1. The Bertz CT molecular complexity index is 1590. The Hall–Kier alpha value is -4.95. The van der Waals surface area contributed by atoms with Crippen molar-refractivity contribution in [3.63, 3.8) is 0 Å². The number of rotatable bonds is 6. The number of thiazole rings is 1. The highest BCUT2D eigenvalue weighted by Crippen LogP contribution is 2.28. The molecule has 0 spiro atoms. The van der Waals surface area contributed by atoms with E-state index in [0.29, 0.717) is 16.0 Å². The fourth-order valence-corrected chi connectivity index (χ4v) is 3.84. The fraction of sp³-hybridized carbons (Fsp3) is 0. The number of nitrogens with zero attached hydrogens (tertiary/aromatic N) is 4. The molecule has 166 valence electrons. The molecule has 0 radical (unpaired) electrons. The van der Waals surface area contributed by atoms with Crippen molar-refractivity contribution in [3.05, 3.63) is 107 Å². The highest BCUT2D eigenvalue weighted by atomic mass is 32.1. The number of nitriles is 1. The van der Waals surface area contributed by atoms with E-state index >= 15 is 0 Å². The van der Waals surface area contributed by atoms with Gasteiger partial charge in [-0.1, -0.05) is 12.2 Å². The first kappa shape index (κ1) is 22.3. The van der Waals surface area contributed by atoms with Gasteiger partial charge in [-0.25, -0.2) is 9.78 Å². The van der Waals surface area contributed by atoms with Gasteiger partial charge in [0.15, 0.2) is 0 Å². The Balaban J connectivity index is 1.62. The minimum absolute atomic E-state index is 0.0199. The zero-order chi connectivity index (χ0) is 24.2. The zero-order valence-electron chi connectivity index (χ0n) is 17.1. The normalized spacial score (nSPS) is 11.6. The Morgan fingerprint density at radius 3 is 2.44 bits per heavy atom. The number of hydrogen-bond donors (Lipinski definition) is 0. The number of non-ortho nitro benzene ring substituents is 2. The van der Waals surface area contributed by atoms with Crippen molar-refractivity contribution in [2.24, 2.45) is 0 Å². The Kier molecular flexibility index (Phi) is 6.07. The van der Waals surface area contributed by atoms with Gasteiger partial charge in [0.25, 0.3) is 11.4 Å². The molecule has 11 heteroatoms. The van der Waals surface area contributed by atoms with Crippen molar-refractivity contribution >= 4 is 45.3 Å². The maximum atomic E-state index is 12.4. The molecule has 0 fully saturated rings. The number of fused-ring (bicyclic) bond motifs is 1. The van der Waals surface area contributed by atoms with E-state index in [-0.39, 0.29) is 33.8 Å². The third-order valence-electron chi connectivity index (χ3n) is 4.71. The van der Waals surface area contributed by atoms with E-state index in [2.05, 4.69) is 4.98 Å². The average molecular weight is 472 g/mol. The van der Waals surface area contributed by atoms with E-state index < -0.39 is 15.5 Å². The molecule has 0 saturated heterocycles. The van der Waals surface area contributed by atoms with Crippen molar-refractivity contribution in [2.45, 2.75) is 0 Å². The molecule has 4 aromatic rings. The van der Waals surface area contributed by atoms with E-state index in [0.717, 1.165) is 11.3 Å². The second-order valence-corrected chi connectivity index (χ2v) is 7.72. The van der Waals surface area contributed by atoms with Crippen LogP contribution >= 0.6 is 11.3 Å². The maximum absolute atomic E-state index is 12.4. The van der Waals surface area contributed by atoms with Gasteiger partial charge >= 0.3 is 5.63 Å². The smallest absolute Gasteiger partial charge is 0.345 e. The zero-order valence-corrected chi connectivity index (χ0v) is 17.9. The molecule has 2 aromatic heterocycles. The summed E-state index contributed by atoms with van der Waals surface area (Å²) >= 11 is 1.15. The van der Waals surface area contributed by atoms with Gasteiger partial charge in [0, 0.05) is 35.0 Å². The molecule has 0 saturated carbocycles. The monoisotopic (exact) mass is 472 g/mol. The Morgan fingerprint density at radius 2 is 1.76 bits per heavy atom. The molecule has 2 aromatic carbocycles. The van der Waals surface area contributed by atoms with Crippen LogP contribution in [0.4, 0.5) is 11.4 Å². The van der Waals surface area contributed by atoms with E-state index in [1.807, 2.05) is 6.07 Å². The van der Waals surface area contributed by atoms with Gasteiger partial charge in [-0.2, -0.15) is 5.26 Å². The topological polar surface area (TPSA) is 153 Å². The summed E-state index contributed by atoms with van der Waals surface area (Å²) in [4.78, 5) is 37.5. The molecule has 0 aliphatic heterocycles. The Labute approximate surface area is 194 Å². The fourth-order valence-electron chi connectivity index (χ4n) is 3.04. The number of hydrogen-bond acceptors (Lipinski definition) is 9.